The number of hydrogen-bond acceptors (Lipinski definition) is 3. The number of benzene rings is 1. The second-order valence-corrected chi connectivity index (χ2v) is 5.40. The van der Waals surface area contributed by atoms with Crippen molar-refractivity contribution in [3.05, 3.63) is 29.3 Å². The predicted molar refractivity (Wildman–Crippen MR) is 68.5 cm³/mol. The van der Waals surface area contributed by atoms with Gasteiger partial charge >= 0.3 is 12.1 Å². The van der Waals surface area contributed by atoms with Crippen molar-refractivity contribution in [1.29, 1.82) is 0 Å². The summed E-state index contributed by atoms with van der Waals surface area (Å²) >= 11 is 0. The van der Waals surface area contributed by atoms with E-state index in [2.05, 4.69) is 0 Å². The van der Waals surface area contributed by atoms with Gasteiger partial charge in [-0.25, -0.2) is 4.79 Å². The van der Waals surface area contributed by atoms with Crippen molar-refractivity contribution in [3.8, 4) is 0 Å². The fraction of sp³-hybridized carbons (Fsp3) is 0.500. The van der Waals surface area contributed by atoms with E-state index in [1.807, 2.05) is 4.90 Å². The highest BCUT2D eigenvalue weighted by Gasteiger charge is 2.36. The van der Waals surface area contributed by atoms with Gasteiger partial charge in [-0.05, 0) is 31.0 Å². The molecule has 2 fully saturated rings. The maximum Gasteiger partial charge on any atom is 0.416 e. The van der Waals surface area contributed by atoms with Crippen molar-refractivity contribution in [2.75, 3.05) is 18.0 Å². The first kappa shape index (κ1) is 14.2. The maximum atomic E-state index is 12.7. The van der Waals surface area contributed by atoms with E-state index in [4.69, 9.17) is 4.74 Å². The average molecular weight is 301 g/mol. The number of carboxylic acids is 1. The molecule has 2 atom stereocenters. The monoisotopic (exact) mass is 301 g/mol. The Hall–Kier alpha value is -1.76. The largest absolute Gasteiger partial charge is 0.478 e. The van der Waals surface area contributed by atoms with Gasteiger partial charge in [0.1, 0.15) is 0 Å². The third-order valence-corrected chi connectivity index (χ3v) is 3.94. The molecule has 0 saturated carbocycles. The summed E-state index contributed by atoms with van der Waals surface area (Å²) in [4.78, 5) is 13.1. The van der Waals surface area contributed by atoms with E-state index in [0.717, 1.165) is 18.9 Å². The lowest BCUT2D eigenvalue weighted by Gasteiger charge is -2.34. The zero-order chi connectivity index (χ0) is 15.2. The van der Waals surface area contributed by atoms with Gasteiger partial charge in [0.2, 0.25) is 0 Å². The number of aromatic carboxylic acids is 1. The van der Waals surface area contributed by atoms with Crippen molar-refractivity contribution in [2.45, 2.75) is 31.2 Å². The van der Waals surface area contributed by atoms with Crippen molar-refractivity contribution in [2.24, 2.45) is 0 Å². The van der Waals surface area contributed by atoms with Crippen molar-refractivity contribution in [3.63, 3.8) is 0 Å². The van der Waals surface area contributed by atoms with Crippen LogP contribution < -0.4 is 4.90 Å². The number of nitrogens with zero attached hydrogens (tertiary/aromatic N) is 1. The molecule has 2 unspecified atom stereocenters. The lowest BCUT2D eigenvalue weighted by atomic mass is 10.1. The lowest BCUT2D eigenvalue weighted by molar-refractivity contribution is -0.137. The first-order valence-electron chi connectivity index (χ1n) is 6.69. The molecule has 2 heterocycles. The minimum Gasteiger partial charge on any atom is -0.478 e. The standard InChI is InChI=1S/C14H14F3NO3/c15-14(16,17)8-1-4-12(11(5-8)13(19)20)18-6-9-2-3-10(7-18)21-9/h1,4-5,9-10H,2-3,6-7H2,(H,19,20). The molecular weight excluding hydrogens is 287 g/mol. The van der Waals surface area contributed by atoms with Gasteiger partial charge in [-0.3, -0.25) is 0 Å². The van der Waals surface area contributed by atoms with Crippen LogP contribution in [-0.2, 0) is 10.9 Å². The summed E-state index contributed by atoms with van der Waals surface area (Å²) < 4.78 is 43.8. The Morgan fingerprint density at radius 3 is 2.38 bits per heavy atom. The number of hydrogen-bond donors (Lipinski definition) is 1. The van der Waals surface area contributed by atoms with Gasteiger partial charge in [-0.15, -0.1) is 0 Å². The summed E-state index contributed by atoms with van der Waals surface area (Å²) in [5.41, 5.74) is -0.929. The van der Waals surface area contributed by atoms with Crippen LogP contribution in [0.15, 0.2) is 18.2 Å². The molecule has 0 amide bonds. The first-order chi connectivity index (χ1) is 9.84. The number of halogens is 3. The van der Waals surface area contributed by atoms with Crippen molar-refractivity contribution >= 4 is 11.7 Å². The van der Waals surface area contributed by atoms with E-state index in [9.17, 15) is 23.1 Å². The van der Waals surface area contributed by atoms with Gasteiger partial charge in [0.25, 0.3) is 0 Å². The van der Waals surface area contributed by atoms with E-state index in [1.165, 1.54) is 6.07 Å². The van der Waals surface area contributed by atoms with Gasteiger partial charge in [0.15, 0.2) is 0 Å². The number of carbonyl (C=O) groups is 1. The van der Waals surface area contributed by atoms with Gasteiger partial charge in [0, 0.05) is 13.1 Å². The molecule has 3 rings (SSSR count). The SMILES string of the molecule is O=C(O)c1cc(C(F)(F)F)ccc1N1CC2CCC(C1)O2. The number of alkyl halides is 3. The summed E-state index contributed by atoms with van der Waals surface area (Å²) in [6.45, 7) is 1.03. The van der Waals surface area contributed by atoms with Crippen LogP contribution in [0.3, 0.4) is 0 Å². The Balaban J connectivity index is 1.96. The fourth-order valence-electron chi connectivity index (χ4n) is 2.97. The molecule has 114 valence electrons. The highest BCUT2D eigenvalue weighted by atomic mass is 19.4. The van der Waals surface area contributed by atoms with Crippen LogP contribution in [0, 0.1) is 0 Å². The van der Waals surface area contributed by atoms with Gasteiger partial charge < -0.3 is 14.7 Å². The van der Waals surface area contributed by atoms with Crippen LogP contribution in [0.1, 0.15) is 28.8 Å². The molecule has 4 nitrogen and oxygen atoms in total. The molecule has 0 aromatic heterocycles. The third-order valence-electron chi connectivity index (χ3n) is 3.94. The van der Waals surface area contributed by atoms with Gasteiger partial charge in [0.05, 0.1) is 29.0 Å². The summed E-state index contributed by atoms with van der Waals surface area (Å²) in [5.74, 6) is -1.35. The zero-order valence-corrected chi connectivity index (χ0v) is 11.1. The molecule has 1 N–H and O–H groups in total. The second kappa shape index (κ2) is 4.91. The molecule has 21 heavy (non-hydrogen) atoms. The smallest absolute Gasteiger partial charge is 0.416 e. The van der Waals surface area contributed by atoms with E-state index in [0.29, 0.717) is 24.8 Å². The predicted octanol–water partition coefficient (Wildman–Crippen LogP) is 2.77. The van der Waals surface area contributed by atoms with Gasteiger partial charge in [-0.1, -0.05) is 0 Å². The Morgan fingerprint density at radius 2 is 1.86 bits per heavy atom. The normalized spacial score (nSPS) is 25.2. The van der Waals surface area contributed by atoms with E-state index in [-0.39, 0.29) is 17.8 Å². The van der Waals surface area contributed by atoms with E-state index < -0.39 is 17.7 Å². The molecule has 0 aliphatic carbocycles. The molecule has 0 radical (unpaired) electrons. The first-order valence-corrected chi connectivity index (χ1v) is 6.69. The highest BCUT2D eigenvalue weighted by Crippen LogP contribution is 2.35. The average Bonchev–Trinajstić information content (AvgIpc) is 2.75. The lowest BCUT2D eigenvalue weighted by Crippen LogP contribution is -2.43. The number of rotatable bonds is 2. The molecule has 2 saturated heterocycles. The molecule has 0 spiro atoms. The third kappa shape index (κ3) is 2.70. The number of fused-ring (bicyclic) bond motifs is 2. The van der Waals surface area contributed by atoms with Crippen LogP contribution in [0.5, 0.6) is 0 Å². The Morgan fingerprint density at radius 1 is 1.24 bits per heavy atom. The Labute approximate surface area is 119 Å². The molecule has 1 aromatic rings. The van der Waals surface area contributed by atoms with Crippen LogP contribution in [-0.4, -0.2) is 36.4 Å². The molecule has 1 aromatic carbocycles. The number of anilines is 1. The van der Waals surface area contributed by atoms with Crippen LogP contribution in [0.25, 0.3) is 0 Å². The summed E-state index contributed by atoms with van der Waals surface area (Å²) in [7, 11) is 0. The zero-order valence-electron chi connectivity index (χ0n) is 11.1. The molecule has 7 heteroatoms. The Kier molecular flexibility index (Phi) is 3.32. The van der Waals surface area contributed by atoms with Crippen LogP contribution in [0.4, 0.5) is 18.9 Å². The van der Waals surface area contributed by atoms with Crippen LogP contribution >= 0.6 is 0 Å². The van der Waals surface area contributed by atoms with E-state index >= 15 is 0 Å². The quantitative estimate of drug-likeness (QED) is 0.912. The molecule has 2 aliphatic rings. The number of morpholine rings is 1. The van der Waals surface area contributed by atoms with Gasteiger partial charge in [-0.2, -0.15) is 13.2 Å². The topological polar surface area (TPSA) is 49.8 Å². The van der Waals surface area contributed by atoms with Crippen molar-refractivity contribution in [1.82, 2.24) is 0 Å². The number of carboxylic acid groups (broad SMARTS) is 1. The summed E-state index contributed by atoms with van der Waals surface area (Å²) in [5, 5.41) is 9.21. The summed E-state index contributed by atoms with van der Waals surface area (Å²) in [6, 6.07) is 2.88. The minimum atomic E-state index is -4.55. The second-order valence-electron chi connectivity index (χ2n) is 5.40. The minimum absolute atomic E-state index is 0.0349. The maximum absolute atomic E-state index is 12.7. The Bertz CT molecular complexity index is 561. The van der Waals surface area contributed by atoms with Crippen LogP contribution in [0.2, 0.25) is 0 Å². The molecular formula is C14H14F3NO3. The molecule has 2 aliphatic heterocycles. The van der Waals surface area contributed by atoms with Crippen molar-refractivity contribution < 1.29 is 27.8 Å². The fourth-order valence-corrected chi connectivity index (χ4v) is 2.97. The number of ether oxygens (including phenoxy) is 1. The highest BCUT2D eigenvalue weighted by molar-refractivity contribution is 5.94. The summed E-state index contributed by atoms with van der Waals surface area (Å²) in [6.07, 6.45) is -2.67. The van der Waals surface area contributed by atoms with E-state index in [1.54, 1.807) is 0 Å². The molecule has 2 bridgehead atoms.